The third kappa shape index (κ3) is 8.60. The molecule has 1 aliphatic rings. The van der Waals surface area contributed by atoms with Gasteiger partial charge in [0.2, 0.25) is 21.8 Å². The third-order valence-electron chi connectivity index (χ3n) is 7.12. The first-order valence-corrected chi connectivity index (χ1v) is 16.1. The topological polar surface area (TPSA) is 86.8 Å². The van der Waals surface area contributed by atoms with Crippen molar-refractivity contribution in [3.63, 3.8) is 0 Å². The van der Waals surface area contributed by atoms with Gasteiger partial charge in [-0.1, -0.05) is 55.1 Å². The van der Waals surface area contributed by atoms with E-state index >= 15 is 0 Å². The van der Waals surface area contributed by atoms with Crippen molar-refractivity contribution in [2.75, 3.05) is 17.1 Å². The largest absolute Gasteiger partial charge is 0.352 e. The summed E-state index contributed by atoms with van der Waals surface area (Å²) >= 11 is 12.9. The van der Waals surface area contributed by atoms with Crippen molar-refractivity contribution in [3.05, 3.63) is 63.1 Å². The maximum absolute atomic E-state index is 13.7. The summed E-state index contributed by atoms with van der Waals surface area (Å²) in [5, 5.41) is 3.96. The molecule has 0 bridgehead atoms. The highest BCUT2D eigenvalue weighted by Gasteiger charge is 2.31. The van der Waals surface area contributed by atoms with E-state index in [-0.39, 0.29) is 43.8 Å². The van der Waals surface area contributed by atoms with Crippen molar-refractivity contribution in [2.45, 2.75) is 84.3 Å². The lowest BCUT2D eigenvalue weighted by molar-refractivity contribution is -0.141. The van der Waals surface area contributed by atoms with Crippen LogP contribution in [0, 0.1) is 13.8 Å². The number of nitrogens with zero attached hydrogens (tertiary/aromatic N) is 2. The van der Waals surface area contributed by atoms with Crippen molar-refractivity contribution in [1.82, 2.24) is 10.2 Å². The number of carbonyl (C=O) groups is 2. The normalized spacial score (nSPS) is 14.7. The van der Waals surface area contributed by atoms with Gasteiger partial charge in [-0.2, -0.15) is 0 Å². The molecule has 1 unspecified atom stereocenters. The van der Waals surface area contributed by atoms with Gasteiger partial charge in [-0.25, -0.2) is 8.42 Å². The average molecular weight is 597 g/mol. The van der Waals surface area contributed by atoms with Gasteiger partial charge in [-0.05, 0) is 74.9 Å². The van der Waals surface area contributed by atoms with Crippen LogP contribution in [0.5, 0.6) is 0 Å². The lowest BCUT2D eigenvalue weighted by atomic mass is 10.1. The Balaban J connectivity index is 1.81. The van der Waals surface area contributed by atoms with Crippen LogP contribution >= 0.6 is 23.2 Å². The van der Waals surface area contributed by atoms with Gasteiger partial charge in [0, 0.05) is 41.2 Å². The molecule has 0 saturated heterocycles. The van der Waals surface area contributed by atoms with E-state index in [0.29, 0.717) is 27.7 Å². The lowest BCUT2D eigenvalue weighted by Crippen LogP contribution is -2.51. The predicted octanol–water partition coefficient (Wildman–Crippen LogP) is 6.02. The van der Waals surface area contributed by atoms with Crippen LogP contribution in [0.4, 0.5) is 5.69 Å². The minimum Gasteiger partial charge on any atom is -0.352 e. The second-order valence-electron chi connectivity index (χ2n) is 10.4. The minimum atomic E-state index is -3.57. The standard InChI is InChI=1S/C29H39Cl2N3O4S/c1-5-27(29(36)32-22-10-6-7-11-22)33(19-24-25(30)12-8-13-26(24)31)28(35)14-9-15-34(39(4,37)38)23-17-20(2)16-21(3)18-23/h8,12-13,16-18,22,27H,5-7,9-11,14-15,19H2,1-4H3,(H,32,36). The Hall–Kier alpha value is -2.29. The number of sulfonamides is 1. The van der Waals surface area contributed by atoms with Crippen molar-refractivity contribution < 1.29 is 18.0 Å². The number of rotatable bonds is 12. The van der Waals surface area contributed by atoms with Gasteiger partial charge < -0.3 is 10.2 Å². The summed E-state index contributed by atoms with van der Waals surface area (Å²) in [6, 6.07) is 10.2. The molecule has 3 rings (SSSR count). The maximum atomic E-state index is 13.7. The summed E-state index contributed by atoms with van der Waals surface area (Å²) in [5.74, 6) is -0.442. The maximum Gasteiger partial charge on any atom is 0.243 e. The molecule has 1 N–H and O–H groups in total. The summed E-state index contributed by atoms with van der Waals surface area (Å²) in [6.07, 6.45) is 5.97. The Morgan fingerprint density at radius 1 is 1.05 bits per heavy atom. The second kappa shape index (κ2) is 13.9. The first-order chi connectivity index (χ1) is 18.4. The molecule has 0 aromatic heterocycles. The van der Waals surface area contributed by atoms with Crippen LogP contribution in [0.15, 0.2) is 36.4 Å². The van der Waals surface area contributed by atoms with E-state index in [9.17, 15) is 18.0 Å². The Morgan fingerprint density at radius 3 is 2.18 bits per heavy atom. The summed E-state index contributed by atoms with van der Waals surface area (Å²) in [5.41, 5.74) is 3.06. The number of halogens is 2. The molecule has 0 radical (unpaired) electrons. The van der Waals surface area contributed by atoms with Crippen LogP contribution in [0.3, 0.4) is 0 Å². The number of hydrogen-bond acceptors (Lipinski definition) is 4. The summed E-state index contributed by atoms with van der Waals surface area (Å²) < 4.78 is 26.6. The van der Waals surface area contributed by atoms with Gasteiger partial charge >= 0.3 is 0 Å². The molecule has 2 aromatic carbocycles. The number of aryl methyl sites for hydroxylation is 2. The number of carbonyl (C=O) groups excluding carboxylic acids is 2. The van der Waals surface area contributed by atoms with E-state index in [1.807, 2.05) is 39.0 Å². The third-order valence-corrected chi connectivity index (χ3v) is 9.03. The molecule has 1 saturated carbocycles. The minimum absolute atomic E-state index is 0.0616. The molecule has 7 nitrogen and oxygen atoms in total. The molecule has 0 aliphatic heterocycles. The van der Waals surface area contributed by atoms with Gasteiger partial charge in [0.25, 0.3) is 0 Å². The molecule has 1 aliphatic carbocycles. The number of benzene rings is 2. The monoisotopic (exact) mass is 595 g/mol. The van der Waals surface area contributed by atoms with Crippen molar-refractivity contribution in [1.29, 1.82) is 0 Å². The number of amides is 2. The molecule has 39 heavy (non-hydrogen) atoms. The van der Waals surface area contributed by atoms with Crippen LogP contribution < -0.4 is 9.62 Å². The zero-order chi connectivity index (χ0) is 28.7. The van der Waals surface area contributed by atoms with E-state index in [0.717, 1.165) is 36.8 Å². The number of nitrogens with one attached hydrogen (secondary N) is 1. The smallest absolute Gasteiger partial charge is 0.243 e. The van der Waals surface area contributed by atoms with Crippen LogP contribution in [0.2, 0.25) is 10.0 Å². The lowest BCUT2D eigenvalue weighted by Gasteiger charge is -2.32. The Morgan fingerprint density at radius 2 is 1.64 bits per heavy atom. The molecular weight excluding hydrogens is 557 g/mol. The van der Waals surface area contributed by atoms with Gasteiger partial charge in [0.15, 0.2) is 0 Å². The van der Waals surface area contributed by atoms with Crippen LogP contribution in [0.1, 0.15) is 68.6 Å². The molecule has 10 heteroatoms. The van der Waals surface area contributed by atoms with Crippen LogP contribution in [-0.4, -0.2) is 50.0 Å². The van der Waals surface area contributed by atoms with E-state index in [2.05, 4.69) is 5.32 Å². The number of anilines is 1. The fourth-order valence-electron chi connectivity index (χ4n) is 5.24. The van der Waals surface area contributed by atoms with E-state index in [1.54, 1.807) is 23.1 Å². The fraction of sp³-hybridized carbons (Fsp3) is 0.517. The summed E-state index contributed by atoms with van der Waals surface area (Å²) in [7, 11) is -3.57. The fourth-order valence-corrected chi connectivity index (χ4v) is 6.71. The van der Waals surface area contributed by atoms with Crippen molar-refractivity contribution >= 4 is 50.7 Å². The van der Waals surface area contributed by atoms with Crippen molar-refractivity contribution in [2.24, 2.45) is 0 Å². The van der Waals surface area contributed by atoms with Crippen LogP contribution in [0.25, 0.3) is 0 Å². The molecule has 214 valence electrons. The quantitative estimate of drug-likeness (QED) is 0.325. The SMILES string of the molecule is CCC(C(=O)NC1CCCC1)N(Cc1c(Cl)cccc1Cl)C(=O)CCCN(c1cc(C)cc(C)c1)S(C)(=O)=O. The predicted molar refractivity (Wildman–Crippen MR) is 159 cm³/mol. The Labute approximate surface area is 242 Å². The van der Waals surface area contributed by atoms with E-state index < -0.39 is 16.1 Å². The molecule has 1 fully saturated rings. The van der Waals surface area contributed by atoms with Crippen LogP contribution in [-0.2, 0) is 26.2 Å². The first-order valence-electron chi connectivity index (χ1n) is 13.5. The van der Waals surface area contributed by atoms with Crippen molar-refractivity contribution in [3.8, 4) is 0 Å². The Kier molecular flexibility index (Phi) is 11.1. The van der Waals surface area contributed by atoms with E-state index in [4.69, 9.17) is 23.2 Å². The highest BCUT2D eigenvalue weighted by atomic mass is 35.5. The average Bonchev–Trinajstić information content (AvgIpc) is 3.35. The molecule has 1 atom stereocenters. The molecule has 2 amide bonds. The Bertz CT molecular complexity index is 1240. The van der Waals surface area contributed by atoms with Gasteiger partial charge in [-0.3, -0.25) is 13.9 Å². The van der Waals surface area contributed by atoms with E-state index in [1.165, 1.54) is 10.6 Å². The summed E-state index contributed by atoms with van der Waals surface area (Å²) in [4.78, 5) is 28.6. The second-order valence-corrected chi connectivity index (χ2v) is 13.1. The molecule has 0 spiro atoms. The summed E-state index contributed by atoms with van der Waals surface area (Å²) in [6.45, 7) is 5.93. The van der Waals surface area contributed by atoms with Gasteiger partial charge in [0.05, 0.1) is 11.9 Å². The molecule has 0 heterocycles. The highest BCUT2D eigenvalue weighted by molar-refractivity contribution is 7.92. The highest BCUT2D eigenvalue weighted by Crippen LogP contribution is 2.28. The zero-order valence-corrected chi connectivity index (χ0v) is 25.5. The van der Waals surface area contributed by atoms with Gasteiger partial charge in [-0.15, -0.1) is 0 Å². The first kappa shape index (κ1) is 31.2. The number of hydrogen-bond donors (Lipinski definition) is 1. The van der Waals surface area contributed by atoms with Gasteiger partial charge in [0.1, 0.15) is 6.04 Å². The molecular formula is C29H39Cl2N3O4S. The zero-order valence-electron chi connectivity index (χ0n) is 23.2. The molecule has 2 aromatic rings.